The van der Waals surface area contributed by atoms with E-state index >= 15 is 0 Å². The quantitative estimate of drug-likeness (QED) is 0.847. The normalized spacial score (nSPS) is 17.1. The number of carbonyl (C=O) groups excluding carboxylic acids is 3. The number of aromatic nitrogens is 1. The van der Waals surface area contributed by atoms with Crippen LogP contribution in [0.2, 0.25) is 0 Å². The van der Waals surface area contributed by atoms with E-state index in [0.29, 0.717) is 23.2 Å². The second-order valence-corrected chi connectivity index (χ2v) is 7.04. The summed E-state index contributed by atoms with van der Waals surface area (Å²) in [6, 6.07) is 10.2. The highest BCUT2D eigenvalue weighted by Crippen LogP contribution is 2.31. The molecule has 138 valence electrons. The predicted molar refractivity (Wildman–Crippen MR) is 99.2 cm³/mol. The Morgan fingerprint density at radius 3 is 2.56 bits per heavy atom. The first-order valence-corrected chi connectivity index (χ1v) is 9.35. The molecule has 0 saturated heterocycles. The van der Waals surface area contributed by atoms with E-state index in [1.807, 2.05) is 18.2 Å². The molecule has 1 fully saturated rings. The summed E-state index contributed by atoms with van der Waals surface area (Å²) in [5.41, 5.74) is 1.85. The van der Waals surface area contributed by atoms with E-state index in [4.69, 9.17) is 0 Å². The van der Waals surface area contributed by atoms with Crippen molar-refractivity contribution in [3.05, 3.63) is 65.0 Å². The molecule has 4 rings (SSSR count). The fourth-order valence-electron chi connectivity index (χ4n) is 3.85. The maximum Gasteiger partial charge on any atom is 0.261 e. The Hall–Kier alpha value is -3.02. The number of hydrogen-bond acceptors (Lipinski definition) is 4. The molecule has 6 nitrogen and oxygen atoms in total. The van der Waals surface area contributed by atoms with Crippen LogP contribution in [0.3, 0.4) is 0 Å². The van der Waals surface area contributed by atoms with E-state index < -0.39 is 0 Å². The highest BCUT2D eigenvalue weighted by molar-refractivity contribution is 6.22. The third kappa shape index (κ3) is 3.35. The number of rotatable bonds is 4. The van der Waals surface area contributed by atoms with Gasteiger partial charge in [-0.05, 0) is 43.2 Å². The van der Waals surface area contributed by atoms with Gasteiger partial charge < -0.3 is 5.32 Å². The van der Waals surface area contributed by atoms with E-state index in [0.717, 1.165) is 37.8 Å². The topological polar surface area (TPSA) is 79.4 Å². The van der Waals surface area contributed by atoms with Gasteiger partial charge in [0.15, 0.2) is 0 Å². The zero-order valence-electron chi connectivity index (χ0n) is 15.0. The lowest BCUT2D eigenvalue weighted by atomic mass is 9.94. The maximum absolute atomic E-state index is 12.8. The Bertz CT molecular complexity index is 889. The van der Waals surface area contributed by atoms with Crippen LogP contribution >= 0.6 is 0 Å². The number of carbonyl (C=O) groups is 3. The SMILES string of the molecule is O=C(NCc1ccccn1)c1ccc2c(c1)C(=O)N(C1CCCCC1)C2=O. The van der Waals surface area contributed by atoms with Gasteiger partial charge in [-0.1, -0.05) is 25.3 Å². The van der Waals surface area contributed by atoms with Crippen LogP contribution in [0.25, 0.3) is 0 Å². The first-order chi connectivity index (χ1) is 13.1. The lowest BCUT2D eigenvalue weighted by molar-refractivity contribution is 0.0549. The van der Waals surface area contributed by atoms with Crippen molar-refractivity contribution < 1.29 is 14.4 Å². The maximum atomic E-state index is 12.8. The number of imide groups is 1. The first kappa shape index (κ1) is 17.4. The number of hydrogen-bond donors (Lipinski definition) is 1. The van der Waals surface area contributed by atoms with Crippen LogP contribution < -0.4 is 5.32 Å². The highest BCUT2D eigenvalue weighted by atomic mass is 16.2. The molecule has 1 aromatic carbocycles. The number of pyridine rings is 1. The number of amides is 3. The molecule has 27 heavy (non-hydrogen) atoms. The molecule has 1 aliphatic heterocycles. The molecule has 0 bridgehead atoms. The van der Waals surface area contributed by atoms with E-state index in [1.165, 1.54) is 11.0 Å². The van der Waals surface area contributed by atoms with Crippen LogP contribution in [0.4, 0.5) is 0 Å². The summed E-state index contributed by atoms with van der Waals surface area (Å²) in [5, 5.41) is 2.80. The summed E-state index contributed by atoms with van der Waals surface area (Å²) >= 11 is 0. The van der Waals surface area contributed by atoms with Gasteiger partial charge in [-0.2, -0.15) is 0 Å². The standard InChI is InChI=1S/C21H21N3O3/c25-19(23-13-15-6-4-5-11-22-15)14-9-10-17-18(12-14)21(27)24(20(17)26)16-7-2-1-3-8-16/h4-6,9-12,16H,1-3,7-8,13H2,(H,23,25). The molecule has 0 unspecified atom stereocenters. The van der Waals surface area contributed by atoms with Gasteiger partial charge in [0, 0.05) is 17.8 Å². The number of nitrogens with zero attached hydrogens (tertiary/aromatic N) is 2. The molecule has 2 aromatic rings. The number of benzene rings is 1. The van der Waals surface area contributed by atoms with Crippen molar-refractivity contribution in [3.63, 3.8) is 0 Å². The largest absolute Gasteiger partial charge is 0.346 e. The Morgan fingerprint density at radius 2 is 1.81 bits per heavy atom. The second-order valence-electron chi connectivity index (χ2n) is 7.04. The molecule has 0 spiro atoms. The van der Waals surface area contributed by atoms with Gasteiger partial charge in [0.25, 0.3) is 17.7 Å². The van der Waals surface area contributed by atoms with Crippen molar-refractivity contribution in [2.45, 2.75) is 44.7 Å². The highest BCUT2D eigenvalue weighted by Gasteiger charge is 2.40. The summed E-state index contributed by atoms with van der Waals surface area (Å²) in [5.74, 6) is -0.802. The third-order valence-electron chi connectivity index (χ3n) is 5.28. The molecule has 1 N–H and O–H groups in total. The van der Waals surface area contributed by atoms with E-state index in [1.54, 1.807) is 18.3 Å². The Balaban J connectivity index is 1.51. The van der Waals surface area contributed by atoms with Crippen LogP contribution in [-0.2, 0) is 6.54 Å². The molecule has 2 heterocycles. The summed E-state index contributed by atoms with van der Waals surface area (Å²) in [4.78, 5) is 43.5. The van der Waals surface area contributed by atoms with Gasteiger partial charge in [0.2, 0.25) is 0 Å². The van der Waals surface area contributed by atoms with Crippen molar-refractivity contribution in [1.82, 2.24) is 15.2 Å². The van der Waals surface area contributed by atoms with E-state index in [2.05, 4.69) is 10.3 Å². The van der Waals surface area contributed by atoms with Gasteiger partial charge in [-0.3, -0.25) is 24.3 Å². The number of fused-ring (bicyclic) bond motifs is 1. The van der Waals surface area contributed by atoms with Crippen LogP contribution in [0.15, 0.2) is 42.6 Å². The zero-order chi connectivity index (χ0) is 18.8. The summed E-state index contributed by atoms with van der Waals surface area (Å²) in [6.45, 7) is 0.303. The summed E-state index contributed by atoms with van der Waals surface area (Å²) < 4.78 is 0. The van der Waals surface area contributed by atoms with Crippen molar-refractivity contribution >= 4 is 17.7 Å². The molecule has 1 aliphatic carbocycles. The minimum Gasteiger partial charge on any atom is -0.346 e. The Kier molecular flexibility index (Phi) is 4.71. The molecule has 0 radical (unpaired) electrons. The molecule has 2 aliphatic rings. The third-order valence-corrected chi connectivity index (χ3v) is 5.28. The lowest BCUT2D eigenvalue weighted by Crippen LogP contribution is -2.40. The van der Waals surface area contributed by atoms with Gasteiger partial charge >= 0.3 is 0 Å². The van der Waals surface area contributed by atoms with Gasteiger partial charge in [0.05, 0.1) is 23.4 Å². The molecule has 6 heteroatoms. The van der Waals surface area contributed by atoms with Crippen LogP contribution in [0, 0.1) is 0 Å². The lowest BCUT2D eigenvalue weighted by Gasteiger charge is -2.29. The minimum absolute atomic E-state index is 0.0208. The molecule has 1 aromatic heterocycles. The average Bonchev–Trinajstić information content (AvgIpc) is 2.97. The smallest absolute Gasteiger partial charge is 0.261 e. The zero-order valence-corrected chi connectivity index (χ0v) is 15.0. The molecular formula is C21H21N3O3. The fraction of sp³-hybridized carbons (Fsp3) is 0.333. The monoisotopic (exact) mass is 363 g/mol. The molecule has 3 amide bonds. The second kappa shape index (κ2) is 7.31. The van der Waals surface area contributed by atoms with Crippen molar-refractivity contribution in [2.24, 2.45) is 0 Å². The first-order valence-electron chi connectivity index (χ1n) is 9.35. The van der Waals surface area contributed by atoms with Gasteiger partial charge in [-0.15, -0.1) is 0 Å². The Morgan fingerprint density at radius 1 is 1.04 bits per heavy atom. The van der Waals surface area contributed by atoms with Gasteiger partial charge in [0.1, 0.15) is 0 Å². The minimum atomic E-state index is -0.292. The number of nitrogens with one attached hydrogen (secondary N) is 1. The Labute approximate surface area is 157 Å². The van der Waals surface area contributed by atoms with Crippen molar-refractivity contribution in [2.75, 3.05) is 0 Å². The van der Waals surface area contributed by atoms with Crippen LogP contribution in [0.5, 0.6) is 0 Å². The molecule has 0 atom stereocenters. The molecule has 1 saturated carbocycles. The van der Waals surface area contributed by atoms with Crippen molar-refractivity contribution in [3.8, 4) is 0 Å². The van der Waals surface area contributed by atoms with Crippen LogP contribution in [0.1, 0.15) is 68.9 Å². The van der Waals surface area contributed by atoms with Gasteiger partial charge in [-0.25, -0.2) is 0 Å². The predicted octanol–water partition coefficient (Wildman–Crippen LogP) is 2.94. The summed E-state index contributed by atoms with van der Waals surface area (Å²) in [7, 11) is 0. The average molecular weight is 363 g/mol. The molecular weight excluding hydrogens is 342 g/mol. The van der Waals surface area contributed by atoms with E-state index in [-0.39, 0.29) is 23.8 Å². The van der Waals surface area contributed by atoms with E-state index in [9.17, 15) is 14.4 Å². The van der Waals surface area contributed by atoms with Crippen LogP contribution in [-0.4, -0.2) is 33.6 Å². The fourth-order valence-corrected chi connectivity index (χ4v) is 3.85. The summed E-state index contributed by atoms with van der Waals surface area (Å²) in [6.07, 6.45) is 6.63. The van der Waals surface area contributed by atoms with Crippen molar-refractivity contribution in [1.29, 1.82) is 0 Å².